The second-order valence-electron chi connectivity index (χ2n) is 9.24. The summed E-state index contributed by atoms with van der Waals surface area (Å²) < 4.78 is 0. The van der Waals surface area contributed by atoms with Crippen LogP contribution in [0.3, 0.4) is 0 Å². The molecule has 0 fully saturated rings. The molecule has 0 radical (unpaired) electrons. The Bertz CT molecular complexity index is 1450. The maximum Gasteiger partial charge on any atom is 0.0523 e. The van der Waals surface area contributed by atoms with Crippen LogP contribution >= 0.6 is 0 Å². The Morgan fingerprint density at radius 1 is 0.545 bits per heavy atom. The number of hydrogen-bond acceptors (Lipinski definition) is 2. The van der Waals surface area contributed by atoms with E-state index in [9.17, 15) is 0 Å². The highest BCUT2D eigenvalue weighted by molar-refractivity contribution is 5.95. The monoisotopic (exact) mass is 426 g/mol. The Labute approximate surface area is 195 Å². The number of fused-ring (bicyclic) bond motifs is 3. The molecule has 0 aromatic heterocycles. The number of para-hydroxylation sites is 2. The molecule has 33 heavy (non-hydrogen) atoms. The number of benzene rings is 5. The van der Waals surface area contributed by atoms with Gasteiger partial charge in [0.25, 0.3) is 0 Å². The Kier molecular flexibility index (Phi) is 4.48. The maximum atomic E-state index is 3.58. The van der Waals surface area contributed by atoms with Crippen LogP contribution in [0.2, 0.25) is 0 Å². The smallest absolute Gasteiger partial charge is 0.0523 e. The zero-order chi connectivity index (χ0) is 22.4. The van der Waals surface area contributed by atoms with Crippen LogP contribution in [0.4, 0.5) is 28.4 Å². The topological polar surface area (TPSA) is 15.3 Å². The van der Waals surface area contributed by atoms with E-state index in [4.69, 9.17) is 0 Å². The third-order valence-electron chi connectivity index (χ3n) is 6.77. The lowest BCUT2D eigenvalue weighted by Crippen LogP contribution is -2.30. The van der Waals surface area contributed by atoms with Crippen LogP contribution < -0.4 is 10.2 Å². The van der Waals surface area contributed by atoms with Gasteiger partial charge in [-0.1, -0.05) is 80.6 Å². The van der Waals surface area contributed by atoms with E-state index in [0.717, 1.165) is 11.4 Å². The molecule has 160 valence electrons. The van der Waals surface area contributed by atoms with E-state index in [1.54, 1.807) is 0 Å². The first-order valence-electron chi connectivity index (χ1n) is 11.5. The zero-order valence-corrected chi connectivity index (χ0v) is 18.9. The van der Waals surface area contributed by atoms with E-state index in [2.05, 4.69) is 133 Å². The van der Waals surface area contributed by atoms with Gasteiger partial charge in [0, 0.05) is 22.5 Å². The molecule has 0 unspecified atom stereocenters. The van der Waals surface area contributed by atoms with E-state index in [1.165, 1.54) is 39.0 Å². The van der Waals surface area contributed by atoms with Gasteiger partial charge in [-0.3, -0.25) is 0 Å². The predicted octanol–water partition coefficient (Wildman–Crippen LogP) is 8.69. The second-order valence-corrected chi connectivity index (χ2v) is 9.24. The van der Waals surface area contributed by atoms with Gasteiger partial charge in [-0.2, -0.15) is 0 Å². The second kappa shape index (κ2) is 7.53. The van der Waals surface area contributed by atoms with Crippen molar-refractivity contribution >= 4 is 39.2 Å². The lowest BCUT2D eigenvalue weighted by Gasteiger charge is -2.42. The molecule has 5 aromatic carbocycles. The van der Waals surface area contributed by atoms with E-state index in [-0.39, 0.29) is 5.41 Å². The minimum Gasteiger partial charge on any atom is -0.355 e. The highest BCUT2D eigenvalue weighted by Crippen LogP contribution is 2.53. The molecule has 0 saturated heterocycles. The standard InChI is InChI=1S/C31H26N2/c1-31(2)27-18-17-25(32-24-13-5-3-6-14-24)21-30(27)33(26-15-7-4-8-16-26)29-20-23-12-10-9-11-22(23)19-28(29)31/h3-21,32H,1-2H3. The van der Waals surface area contributed by atoms with Crippen molar-refractivity contribution in [3.8, 4) is 0 Å². The summed E-state index contributed by atoms with van der Waals surface area (Å²) in [5, 5.41) is 6.12. The van der Waals surface area contributed by atoms with E-state index in [0.29, 0.717) is 0 Å². The average molecular weight is 427 g/mol. The summed E-state index contributed by atoms with van der Waals surface area (Å²) in [5.74, 6) is 0. The maximum absolute atomic E-state index is 3.58. The fraction of sp³-hybridized carbons (Fsp3) is 0.0968. The summed E-state index contributed by atoms with van der Waals surface area (Å²) in [6, 6.07) is 41.2. The van der Waals surface area contributed by atoms with Gasteiger partial charge < -0.3 is 10.2 Å². The molecule has 2 heteroatoms. The average Bonchev–Trinajstić information content (AvgIpc) is 2.85. The van der Waals surface area contributed by atoms with Crippen molar-refractivity contribution in [2.24, 2.45) is 0 Å². The van der Waals surface area contributed by atoms with Gasteiger partial charge in [-0.25, -0.2) is 0 Å². The van der Waals surface area contributed by atoms with Crippen molar-refractivity contribution in [2.45, 2.75) is 19.3 Å². The first kappa shape index (κ1) is 19.6. The van der Waals surface area contributed by atoms with Gasteiger partial charge in [0.2, 0.25) is 0 Å². The molecule has 0 atom stereocenters. The third-order valence-corrected chi connectivity index (χ3v) is 6.77. The molecule has 0 spiro atoms. The summed E-state index contributed by atoms with van der Waals surface area (Å²) in [4.78, 5) is 2.42. The SMILES string of the molecule is CC1(C)c2ccc(Nc3ccccc3)cc2N(c2ccccc2)c2cc3ccccc3cc21. The molecule has 5 aromatic rings. The normalized spacial score (nSPS) is 13.9. The minimum atomic E-state index is -0.120. The molecule has 2 nitrogen and oxygen atoms in total. The first-order valence-corrected chi connectivity index (χ1v) is 11.5. The van der Waals surface area contributed by atoms with Crippen molar-refractivity contribution < 1.29 is 0 Å². The molecule has 1 aliphatic rings. The quantitative estimate of drug-likeness (QED) is 0.310. The van der Waals surface area contributed by atoms with Crippen LogP contribution in [-0.2, 0) is 5.41 Å². The van der Waals surface area contributed by atoms with Crippen LogP contribution in [0.1, 0.15) is 25.0 Å². The number of hydrogen-bond donors (Lipinski definition) is 1. The molecule has 6 rings (SSSR count). The van der Waals surface area contributed by atoms with Crippen LogP contribution in [0.15, 0.2) is 115 Å². The summed E-state index contributed by atoms with van der Waals surface area (Å²) in [5.41, 5.74) is 8.36. The van der Waals surface area contributed by atoms with Gasteiger partial charge in [-0.15, -0.1) is 0 Å². The van der Waals surface area contributed by atoms with Crippen LogP contribution in [-0.4, -0.2) is 0 Å². The van der Waals surface area contributed by atoms with Crippen molar-refractivity contribution in [3.05, 3.63) is 126 Å². The molecule has 1 aliphatic heterocycles. The number of nitrogens with one attached hydrogen (secondary N) is 1. The van der Waals surface area contributed by atoms with Gasteiger partial charge in [-0.05, 0) is 70.4 Å². The summed E-state index contributed by atoms with van der Waals surface area (Å²) in [6.07, 6.45) is 0. The van der Waals surface area contributed by atoms with E-state index in [1.807, 2.05) is 6.07 Å². The van der Waals surface area contributed by atoms with Crippen LogP contribution in [0.5, 0.6) is 0 Å². The van der Waals surface area contributed by atoms with Crippen molar-refractivity contribution in [2.75, 3.05) is 10.2 Å². The molecule has 1 N–H and O–H groups in total. The van der Waals surface area contributed by atoms with Gasteiger partial charge >= 0.3 is 0 Å². The van der Waals surface area contributed by atoms with E-state index >= 15 is 0 Å². The lowest BCUT2D eigenvalue weighted by atomic mass is 9.73. The highest BCUT2D eigenvalue weighted by Gasteiger charge is 2.37. The molecule has 1 heterocycles. The Morgan fingerprint density at radius 2 is 1.15 bits per heavy atom. The largest absolute Gasteiger partial charge is 0.355 e. The van der Waals surface area contributed by atoms with Gasteiger partial charge in [0.05, 0.1) is 11.4 Å². The molecule has 0 aliphatic carbocycles. The Morgan fingerprint density at radius 3 is 1.88 bits per heavy atom. The summed E-state index contributed by atoms with van der Waals surface area (Å²) in [6.45, 7) is 4.68. The summed E-state index contributed by atoms with van der Waals surface area (Å²) >= 11 is 0. The molecular weight excluding hydrogens is 400 g/mol. The summed E-state index contributed by atoms with van der Waals surface area (Å²) in [7, 11) is 0. The van der Waals surface area contributed by atoms with Gasteiger partial charge in [0.1, 0.15) is 0 Å². The van der Waals surface area contributed by atoms with Crippen LogP contribution in [0, 0.1) is 0 Å². The molecule has 0 bridgehead atoms. The third kappa shape index (κ3) is 3.27. The minimum absolute atomic E-state index is 0.120. The molecule has 0 saturated carbocycles. The number of anilines is 5. The fourth-order valence-electron chi connectivity index (χ4n) is 5.06. The Hall–Kier alpha value is -4.04. The zero-order valence-electron chi connectivity index (χ0n) is 18.9. The molecular formula is C31H26N2. The van der Waals surface area contributed by atoms with Gasteiger partial charge in [0.15, 0.2) is 0 Å². The first-order chi connectivity index (χ1) is 16.1. The van der Waals surface area contributed by atoms with Crippen molar-refractivity contribution in [3.63, 3.8) is 0 Å². The number of nitrogens with zero attached hydrogens (tertiary/aromatic N) is 1. The van der Waals surface area contributed by atoms with Crippen molar-refractivity contribution in [1.29, 1.82) is 0 Å². The molecule has 0 amide bonds. The fourth-order valence-corrected chi connectivity index (χ4v) is 5.06. The van der Waals surface area contributed by atoms with Crippen LogP contribution in [0.25, 0.3) is 10.8 Å². The van der Waals surface area contributed by atoms with Crippen molar-refractivity contribution in [1.82, 2.24) is 0 Å². The Balaban J connectivity index is 1.59. The predicted molar refractivity (Wildman–Crippen MR) is 140 cm³/mol. The lowest BCUT2D eigenvalue weighted by molar-refractivity contribution is 0.633. The van der Waals surface area contributed by atoms with E-state index < -0.39 is 0 Å². The highest BCUT2D eigenvalue weighted by atomic mass is 15.2. The number of rotatable bonds is 3.